The smallest absolute Gasteiger partial charge is 0.0362 e. The zero-order valence-electron chi connectivity index (χ0n) is 10.5. The molecule has 0 aromatic rings. The predicted octanol–water partition coefficient (Wildman–Crippen LogP) is 2.58. The Balaban J connectivity index is 2.18. The van der Waals surface area contributed by atoms with E-state index in [0.717, 1.165) is 30.9 Å². The molecular weight excluding hydrogens is 218 g/mol. The second-order valence-corrected chi connectivity index (χ2v) is 6.36. The molecule has 0 N–H and O–H groups in total. The van der Waals surface area contributed by atoms with Crippen LogP contribution in [-0.4, -0.2) is 39.7 Å². The van der Waals surface area contributed by atoms with Gasteiger partial charge in [0, 0.05) is 34.9 Å². The van der Waals surface area contributed by atoms with Crippen molar-refractivity contribution in [3.8, 4) is 0 Å². The summed E-state index contributed by atoms with van der Waals surface area (Å²) in [6.45, 7) is 8.21. The van der Waals surface area contributed by atoms with Gasteiger partial charge >= 0.3 is 0 Å². The van der Waals surface area contributed by atoms with Crippen LogP contribution in [0.15, 0.2) is 12.7 Å². The van der Waals surface area contributed by atoms with E-state index in [9.17, 15) is 4.21 Å². The highest BCUT2D eigenvalue weighted by Crippen LogP contribution is 2.12. The number of rotatable bonds is 6. The maximum absolute atomic E-state index is 11.5. The molecule has 1 saturated heterocycles. The Bertz CT molecular complexity index is 230. The van der Waals surface area contributed by atoms with Crippen LogP contribution in [0, 0.1) is 0 Å². The third-order valence-electron chi connectivity index (χ3n) is 3.35. The minimum atomic E-state index is -0.564. The Labute approximate surface area is 103 Å². The summed E-state index contributed by atoms with van der Waals surface area (Å²) in [5.74, 6) is 1.77. The molecule has 0 radical (unpaired) electrons. The van der Waals surface area contributed by atoms with Crippen molar-refractivity contribution in [3.05, 3.63) is 12.7 Å². The molecule has 0 aromatic carbocycles. The minimum absolute atomic E-state index is 0.564. The molecule has 1 aliphatic rings. The van der Waals surface area contributed by atoms with Crippen LogP contribution < -0.4 is 0 Å². The number of nitrogens with zero attached hydrogens (tertiary/aromatic N) is 1. The van der Waals surface area contributed by atoms with E-state index < -0.39 is 10.8 Å². The summed E-state index contributed by atoms with van der Waals surface area (Å²) in [4.78, 5) is 2.51. The van der Waals surface area contributed by atoms with Gasteiger partial charge in [0.1, 0.15) is 0 Å². The van der Waals surface area contributed by atoms with Crippen LogP contribution in [0.5, 0.6) is 0 Å². The summed E-state index contributed by atoms with van der Waals surface area (Å²) in [5.41, 5.74) is 0. The van der Waals surface area contributed by atoms with Crippen molar-refractivity contribution in [2.75, 3.05) is 24.6 Å². The van der Waals surface area contributed by atoms with E-state index in [2.05, 4.69) is 18.4 Å². The lowest BCUT2D eigenvalue weighted by atomic mass is 10.1. The van der Waals surface area contributed by atoms with Gasteiger partial charge in [-0.2, -0.15) is 0 Å². The SMILES string of the molecule is C=CCCCCCN1CC[S@](=O)CC[C@H]1C. The standard InChI is InChI=1S/C13H25NOS/c1-3-4-5-6-7-9-14-10-12-16(15)11-8-13(14)2/h3,13H,1,4-12H2,2H3/t13-,16-/m1/s1. The lowest BCUT2D eigenvalue weighted by Gasteiger charge is -2.26. The Kier molecular flexibility index (Phi) is 6.97. The van der Waals surface area contributed by atoms with Crippen LogP contribution in [-0.2, 0) is 10.8 Å². The summed E-state index contributed by atoms with van der Waals surface area (Å²) in [6, 6.07) is 0.617. The fraction of sp³-hybridized carbons (Fsp3) is 0.846. The Morgan fingerprint density at radius 1 is 1.38 bits per heavy atom. The first kappa shape index (κ1) is 13.9. The van der Waals surface area contributed by atoms with E-state index in [0.29, 0.717) is 6.04 Å². The third kappa shape index (κ3) is 5.26. The second-order valence-electron chi connectivity index (χ2n) is 4.66. The summed E-state index contributed by atoms with van der Waals surface area (Å²) >= 11 is 0. The van der Waals surface area contributed by atoms with Gasteiger partial charge in [-0.3, -0.25) is 9.11 Å². The second kappa shape index (κ2) is 8.02. The Hall–Kier alpha value is -0.150. The molecular formula is C13H25NOS. The molecule has 3 heteroatoms. The van der Waals surface area contributed by atoms with Gasteiger partial charge < -0.3 is 0 Å². The van der Waals surface area contributed by atoms with E-state index in [1.165, 1.54) is 25.8 Å². The first-order valence-corrected chi connectivity index (χ1v) is 7.92. The zero-order chi connectivity index (χ0) is 11.8. The quantitative estimate of drug-likeness (QED) is 0.528. The predicted molar refractivity (Wildman–Crippen MR) is 72.2 cm³/mol. The lowest BCUT2D eigenvalue weighted by Crippen LogP contribution is -2.34. The lowest BCUT2D eigenvalue weighted by molar-refractivity contribution is 0.216. The van der Waals surface area contributed by atoms with Crippen molar-refractivity contribution >= 4 is 10.8 Å². The van der Waals surface area contributed by atoms with Gasteiger partial charge in [0.05, 0.1) is 0 Å². The molecule has 0 spiro atoms. The molecule has 0 bridgehead atoms. The first-order chi connectivity index (χ1) is 7.74. The van der Waals surface area contributed by atoms with E-state index in [1.54, 1.807) is 0 Å². The van der Waals surface area contributed by atoms with Crippen molar-refractivity contribution in [3.63, 3.8) is 0 Å². The van der Waals surface area contributed by atoms with Gasteiger partial charge in [0.2, 0.25) is 0 Å². The molecule has 0 aromatic heterocycles. The van der Waals surface area contributed by atoms with Crippen LogP contribution in [0.25, 0.3) is 0 Å². The first-order valence-electron chi connectivity index (χ1n) is 6.44. The minimum Gasteiger partial charge on any atom is -0.300 e. The highest BCUT2D eigenvalue weighted by Gasteiger charge is 2.18. The molecule has 2 atom stereocenters. The van der Waals surface area contributed by atoms with Gasteiger partial charge in [-0.15, -0.1) is 6.58 Å². The van der Waals surface area contributed by atoms with Crippen LogP contribution in [0.2, 0.25) is 0 Å². The van der Waals surface area contributed by atoms with Gasteiger partial charge in [-0.1, -0.05) is 12.5 Å². The average molecular weight is 243 g/mol. The fourth-order valence-corrected chi connectivity index (χ4v) is 3.38. The number of hydrogen-bond donors (Lipinski definition) is 0. The monoisotopic (exact) mass is 243 g/mol. The summed E-state index contributed by atoms with van der Waals surface area (Å²) in [5, 5.41) is 0. The molecule has 1 fully saturated rings. The summed E-state index contributed by atoms with van der Waals surface area (Å²) < 4.78 is 11.5. The topological polar surface area (TPSA) is 20.3 Å². The molecule has 0 saturated carbocycles. The normalized spacial score (nSPS) is 27.6. The fourth-order valence-electron chi connectivity index (χ4n) is 2.14. The van der Waals surface area contributed by atoms with Crippen molar-refractivity contribution in [2.24, 2.45) is 0 Å². The molecule has 0 aliphatic carbocycles. The Morgan fingerprint density at radius 3 is 2.94 bits per heavy atom. The van der Waals surface area contributed by atoms with Gasteiger partial charge in [0.25, 0.3) is 0 Å². The van der Waals surface area contributed by atoms with Crippen molar-refractivity contribution in [1.29, 1.82) is 0 Å². The molecule has 16 heavy (non-hydrogen) atoms. The molecule has 1 heterocycles. The van der Waals surface area contributed by atoms with Crippen LogP contribution in [0.4, 0.5) is 0 Å². The van der Waals surface area contributed by atoms with Crippen molar-refractivity contribution in [2.45, 2.75) is 45.1 Å². The summed E-state index contributed by atoms with van der Waals surface area (Å²) in [6.07, 6.45) is 8.05. The molecule has 1 aliphatic heterocycles. The zero-order valence-corrected chi connectivity index (χ0v) is 11.3. The van der Waals surface area contributed by atoms with Crippen molar-refractivity contribution < 1.29 is 4.21 Å². The maximum atomic E-state index is 11.5. The molecule has 1 rings (SSSR count). The van der Waals surface area contributed by atoms with Gasteiger partial charge in [0.15, 0.2) is 0 Å². The number of unbranched alkanes of at least 4 members (excludes halogenated alkanes) is 3. The number of hydrogen-bond acceptors (Lipinski definition) is 2. The van der Waals surface area contributed by atoms with Gasteiger partial charge in [-0.05, 0) is 39.2 Å². The summed E-state index contributed by atoms with van der Waals surface area (Å²) in [7, 11) is -0.564. The largest absolute Gasteiger partial charge is 0.300 e. The van der Waals surface area contributed by atoms with E-state index in [-0.39, 0.29) is 0 Å². The molecule has 2 nitrogen and oxygen atoms in total. The van der Waals surface area contributed by atoms with E-state index in [4.69, 9.17) is 0 Å². The Morgan fingerprint density at radius 2 is 2.19 bits per heavy atom. The average Bonchev–Trinajstić information content (AvgIpc) is 2.43. The van der Waals surface area contributed by atoms with Crippen LogP contribution >= 0.6 is 0 Å². The highest BCUT2D eigenvalue weighted by atomic mass is 32.2. The highest BCUT2D eigenvalue weighted by molar-refractivity contribution is 7.85. The van der Waals surface area contributed by atoms with Crippen LogP contribution in [0.3, 0.4) is 0 Å². The van der Waals surface area contributed by atoms with Gasteiger partial charge in [-0.25, -0.2) is 0 Å². The molecule has 0 unspecified atom stereocenters. The van der Waals surface area contributed by atoms with E-state index >= 15 is 0 Å². The van der Waals surface area contributed by atoms with Crippen LogP contribution in [0.1, 0.15) is 39.0 Å². The molecule has 0 amide bonds. The number of allylic oxidation sites excluding steroid dienone is 1. The van der Waals surface area contributed by atoms with E-state index in [1.807, 2.05) is 6.08 Å². The third-order valence-corrected chi connectivity index (χ3v) is 4.68. The maximum Gasteiger partial charge on any atom is 0.0362 e. The van der Waals surface area contributed by atoms with Crippen molar-refractivity contribution in [1.82, 2.24) is 4.90 Å². The molecule has 94 valence electrons.